The summed E-state index contributed by atoms with van der Waals surface area (Å²) in [6.07, 6.45) is -0.424. The smallest absolute Gasteiger partial charge is 0.269 e. The predicted octanol–water partition coefficient (Wildman–Crippen LogP) is 3.34. The van der Waals surface area contributed by atoms with Gasteiger partial charge < -0.3 is 10.0 Å². The summed E-state index contributed by atoms with van der Waals surface area (Å²) >= 11 is 1.62. The molecule has 1 aromatic rings. The van der Waals surface area contributed by atoms with E-state index < -0.39 is 11.0 Å². The fourth-order valence-corrected chi connectivity index (χ4v) is 3.88. The highest BCUT2D eigenvalue weighted by Gasteiger charge is 2.33. The van der Waals surface area contributed by atoms with Crippen LogP contribution < -0.4 is 0 Å². The van der Waals surface area contributed by atoms with E-state index in [1.807, 2.05) is 6.92 Å². The molecule has 1 aliphatic rings. The zero-order valence-electron chi connectivity index (χ0n) is 13.9. The van der Waals surface area contributed by atoms with E-state index in [0.29, 0.717) is 5.92 Å². The summed E-state index contributed by atoms with van der Waals surface area (Å²) in [5.41, 5.74) is 1.59. The summed E-state index contributed by atoms with van der Waals surface area (Å²) in [4.78, 5) is 17.3. The minimum absolute atomic E-state index is 0.0551. The molecule has 1 heterocycles. The Labute approximate surface area is 140 Å². The van der Waals surface area contributed by atoms with Crippen LogP contribution in [0.2, 0.25) is 0 Å². The van der Waals surface area contributed by atoms with Crippen molar-refractivity contribution >= 4 is 28.3 Å². The van der Waals surface area contributed by atoms with E-state index in [1.165, 1.54) is 12.1 Å². The highest BCUT2D eigenvalue weighted by Crippen LogP contribution is 2.31. The van der Waals surface area contributed by atoms with Gasteiger partial charge in [-0.05, 0) is 31.4 Å². The predicted molar refractivity (Wildman–Crippen MR) is 94.4 cm³/mol. The lowest BCUT2D eigenvalue weighted by atomic mass is 10.1. The second-order valence-electron chi connectivity index (χ2n) is 6.29. The number of non-ortho nitro benzene ring substituents is 1. The largest absolute Gasteiger partial charge is 0.391 e. The standard InChI is InChI=1S/C16H23N3O3S/c1-10(2)8-18-15(12(4)20)9-23-16(18)17-14-6-5-13(19(21)22)7-11(14)3/h5-7,10,12,15,20H,8-9H2,1-4H3/t12-,15-/m1/s1. The van der Waals surface area contributed by atoms with Crippen LogP contribution >= 0.6 is 11.8 Å². The summed E-state index contributed by atoms with van der Waals surface area (Å²) in [5.74, 6) is 1.26. The molecule has 0 saturated carbocycles. The van der Waals surface area contributed by atoms with Gasteiger partial charge in [-0.25, -0.2) is 4.99 Å². The Balaban J connectivity index is 2.31. The molecule has 2 rings (SSSR count). The molecule has 0 amide bonds. The summed E-state index contributed by atoms with van der Waals surface area (Å²) in [6.45, 7) is 8.73. The monoisotopic (exact) mass is 337 g/mol. The zero-order valence-corrected chi connectivity index (χ0v) is 14.7. The third-order valence-electron chi connectivity index (χ3n) is 3.76. The Morgan fingerprint density at radius 3 is 2.70 bits per heavy atom. The van der Waals surface area contributed by atoms with Crippen LogP contribution in [-0.4, -0.2) is 44.5 Å². The first-order valence-electron chi connectivity index (χ1n) is 7.70. The van der Waals surface area contributed by atoms with Crippen LogP contribution in [0.3, 0.4) is 0 Å². The number of thioether (sulfide) groups is 1. The number of rotatable bonds is 5. The second kappa shape index (κ2) is 7.31. The van der Waals surface area contributed by atoms with E-state index in [4.69, 9.17) is 4.99 Å². The quantitative estimate of drug-likeness (QED) is 0.658. The SMILES string of the molecule is Cc1cc([N+](=O)[O-])ccc1N=C1SC[C@H]([C@@H](C)O)N1CC(C)C. The van der Waals surface area contributed by atoms with Gasteiger partial charge in [-0.15, -0.1) is 0 Å². The summed E-state index contributed by atoms with van der Waals surface area (Å²) in [7, 11) is 0. The van der Waals surface area contributed by atoms with Crippen molar-refractivity contribution in [3.63, 3.8) is 0 Å². The third kappa shape index (κ3) is 4.23. The van der Waals surface area contributed by atoms with Crippen molar-refractivity contribution < 1.29 is 10.0 Å². The summed E-state index contributed by atoms with van der Waals surface area (Å²) < 4.78 is 0. The molecule has 7 heteroatoms. The van der Waals surface area contributed by atoms with E-state index in [0.717, 1.165) is 28.7 Å². The molecule has 1 aromatic carbocycles. The zero-order chi connectivity index (χ0) is 17.1. The van der Waals surface area contributed by atoms with Crippen molar-refractivity contribution in [1.82, 2.24) is 4.90 Å². The Kier molecular flexibility index (Phi) is 5.64. The normalized spacial score (nSPS) is 21.2. The molecule has 0 aliphatic carbocycles. The summed E-state index contributed by atoms with van der Waals surface area (Å²) in [5, 5.41) is 21.7. The lowest BCUT2D eigenvalue weighted by molar-refractivity contribution is -0.384. The molecule has 0 aromatic heterocycles. The van der Waals surface area contributed by atoms with Crippen molar-refractivity contribution in [3.8, 4) is 0 Å². The minimum Gasteiger partial charge on any atom is -0.391 e. The number of aryl methyl sites for hydroxylation is 1. The lowest BCUT2D eigenvalue weighted by Gasteiger charge is -2.29. The van der Waals surface area contributed by atoms with Gasteiger partial charge >= 0.3 is 0 Å². The van der Waals surface area contributed by atoms with Gasteiger partial charge in [0, 0.05) is 24.4 Å². The number of aliphatic hydroxyl groups is 1. The van der Waals surface area contributed by atoms with Gasteiger partial charge in [-0.2, -0.15) is 0 Å². The van der Waals surface area contributed by atoms with E-state index in [9.17, 15) is 15.2 Å². The highest BCUT2D eigenvalue weighted by atomic mass is 32.2. The molecule has 0 spiro atoms. The first-order chi connectivity index (χ1) is 10.8. The van der Waals surface area contributed by atoms with E-state index in [-0.39, 0.29) is 11.7 Å². The van der Waals surface area contributed by atoms with Gasteiger partial charge in [0.1, 0.15) is 0 Å². The Morgan fingerprint density at radius 2 is 2.17 bits per heavy atom. The molecular weight excluding hydrogens is 314 g/mol. The molecule has 23 heavy (non-hydrogen) atoms. The van der Waals surface area contributed by atoms with Gasteiger partial charge in [-0.1, -0.05) is 25.6 Å². The molecule has 1 fully saturated rings. The number of nitrogens with zero attached hydrogens (tertiary/aromatic N) is 3. The van der Waals surface area contributed by atoms with Crippen molar-refractivity contribution in [2.24, 2.45) is 10.9 Å². The average Bonchev–Trinajstić information content (AvgIpc) is 2.83. The van der Waals surface area contributed by atoms with Crippen molar-refractivity contribution in [2.75, 3.05) is 12.3 Å². The van der Waals surface area contributed by atoms with Crippen LogP contribution in [0.15, 0.2) is 23.2 Å². The molecule has 0 unspecified atom stereocenters. The van der Waals surface area contributed by atoms with E-state index in [1.54, 1.807) is 24.8 Å². The Morgan fingerprint density at radius 1 is 1.48 bits per heavy atom. The molecule has 1 aliphatic heterocycles. The number of aliphatic imine (C=N–C) groups is 1. The van der Waals surface area contributed by atoms with Crippen LogP contribution in [0.5, 0.6) is 0 Å². The maximum Gasteiger partial charge on any atom is 0.269 e. The first-order valence-corrected chi connectivity index (χ1v) is 8.69. The number of nitro benzene ring substituents is 1. The van der Waals surface area contributed by atoms with Gasteiger partial charge in [0.25, 0.3) is 5.69 Å². The Hall–Kier alpha value is -1.60. The van der Waals surface area contributed by atoms with Crippen molar-refractivity contribution in [3.05, 3.63) is 33.9 Å². The fourth-order valence-electron chi connectivity index (χ4n) is 2.56. The van der Waals surface area contributed by atoms with Crippen LogP contribution in [0.1, 0.15) is 26.3 Å². The average molecular weight is 337 g/mol. The Bertz CT molecular complexity index is 617. The maximum absolute atomic E-state index is 10.8. The van der Waals surface area contributed by atoms with Gasteiger partial charge in [0.2, 0.25) is 0 Å². The van der Waals surface area contributed by atoms with Gasteiger partial charge in [0.15, 0.2) is 5.17 Å². The number of nitro groups is 1. The molecule has 126 valence electrons. The van der Waals surface area contributed by atoms with E-state index in [2.05, 4.69) is 18.7 Å². The number of benzene rings is 1. The number of hydrogen-bond donors (Lipinski definition) is 1. The van der Waals surface area contributed by atoms with Crippen LogP contribution in [0.4, 0.5) is 11.4 Å². The molecular formula is C16H23N3O3S. The second-order valence-corrected chi connectivity index (χ2v) is 7.27. The van der Waals surface area contributed by atoms with Crippen molar-refractivity contribution in [2.45, 2.75) is 39.8 Å². The number of aliphatic hydroxyl groups excluding tert-OH is 1. The maximum atomic E-state index is 10.8. The number of hydrogen-bond acceptors (Lipinski definition) is 5. The molecule has 2 atom stereocenters. The van der Waals surface area contributed by atoms with Crippen LogP contribution in [0, 0.1) is 23.0 Å². The third-order valence-corrected chi connectivity index (χ3v) is 4.85. The highest BCUT2D eigenvalue weighted by molar-refractivity contribution is 8.14. The van der Waals surface area contributed by atoms with E-state index >= 15 is 0 Å². The lowest BCUT2D eigenvalue weighted by Crippen LogP contribution is -2.43. The van der Waals surface area contributed by atoms with Gasteiger partial charge in [0.05, 0.1) is 22.8 Å². The van der Waals surface area contributed by atoms with Crippen LogP contribution in [0.25, 0.3) is 0 Å². The topological polar surface area (TPSA) is 79.0 Å². The number of amidine groups is 1. The molecule has 1 saturated heterocycles. The summed E-state index contributed by atoms with van der Waals surface area (Å²) in [6, 6.07) is 4.76. The molecule has 0 bridgehead atoms. The minimum atomic E-state index is -0.424. The molecule has 6 nitrogen and oxygen atoms in total. The van der Waals surface area contributed by atoms with Crippen molar-refractivity contribution in [1.29, 1.82) is 0 Å². The fraction of sp³-hybridized carbons (Fsp3) is 0.562. The molecule has 0 radical (unpaired) electrons. The van der Waals surface area contributed by atoms with Crippen LogP contribution in [-0.2, 0) is 0 Å². The first kappa shape index (κ1) is 17.7. The van der Waals surface area contributed by atoms with Gasteiger partial charge in [-0.3, -0.25) is 10.1 Å². The molecule has 1 N–H and O–H groups in total.